The Balaban J connectivity index is 0.00000382. The Hall–Kier alpha value is -2.33. The summed E-state index contributed by atoms with van der Waals surface area (Å²) in [4.78, 5) is 0. The number of hydrogen-bond donors (Lipinski definition) is 1. The largest absolute Gasteiger partial charge is 0.388 e. The van der Waals surface area contributed by atoms with E-state index in [2.05, 4.69) is 56.3 Å². The van der Waals surface area contributed by atoms with Gasteiger partial charge in [-0.15, -0.1) is 11.8 Å². The Morgan fingerprint density at radius 1 is 0.976 bits per heavy atom. The first-order valence-corrected chi connectivity index (χ1v) is 16.3. The Morgan fingerprint density at radius 2 is 1.63 bits per heavy atom. The number of benzene rings is 2. The summed E-state index contributed by atoms with van der Waals surface area (Å²) in [6.07, 6.45) is 7.98. The van der Waals surface area contributed by atoms with E-state index in [0.29, 0.717) is 17.5 Å². The number of nitrogens with one attached hydrogen (secondary N) is 1. The monoisotopic (exact) mass is 585 g/mol. The van der Waals surface area contributed by atoms with Crippen molar-refractivity contribution < 1.29 is 8.78 Å². The highest BCUT2D eigenvalue weighted by atomic mass is 32.2. The number of aryl methyl sites for hydroxylation is 1. The Morgan fingerprint density at radius 3 is 2.20 bits per heavy atom. The standard InChI is InChI=1S/C33H45F2NS.2C2H6/c1-9-11-12-20-36-25(4)31(37-10-2)22-26-17-16-24(3)28(21-26)15-13-14-27-18-19-29(32(5,6)34)23-30(27)33(7,8)35;2*1-2/h10,15-19,21,23,31,36H,2-4,9,11-14,20,22H2,1,5-8H3;2*1-2H3/b28-15-;;. The first kappa shape index (κ1) is 38.7. The highest BCUT2D eigenvalue weighted by Gasteiger charge is 2.26. The van der Waals surface area contributed by atoms with Crippen molar-refractivity contribution in [3.63, 3.8) is 0 Å². The molecule has 41 heavy (non-hydrogen) atoms. The van der Waals surface area contributed by atoms with Crippen LogP contribution in [0.15, 0.2) is 60.7 Å². The Labute approximate surface area is 255 Å². The summed E-state index contributed by atoms with van der Waals surface area (Å²) in [5, 5.41) is 7.63. The molecule has 4 heteroatoms. The van der Waals surface area contributed by atoms with E-state index in [1.54, 1.807) is 23.9 Å². The van der Waals surface area contributed by atoms with Crippen molar-refractivity contribution >= 4 is 24.4 Å². The quantitative estimate of drug-likeness (QED) is 0.209. The summed E-state index contributed by atoms with van der Waals surface area (Å²) >= 11 is 1.69. The molecule has 2 rings (SSSR count). The fraction of sp³-hybridized carbons (Fsp3) is 0.514. The zero-order chi connectivity index (χ0) is 31.6. The minimum absolute atomic E-state index is 0.204. The van der Waals surface area contributed by atoms with Crippen LogP contribution in [0.2, 0.25) is 0 Å². The van der Waals surface area contributed by atoms with Crippen molar-refractivity contribution in [3.8, 4) is 0 Å². The molecule has 0 amide bonds. The van der Waals surface area contributed by atoms with Crippen LogP contribution in [0.25, 0.3) is 12.7 Å². The first-order valence-electron chi connectivity index (χ1n) is 15.4. The maximum absolute atomic E-state index is 15.0. The number of rotatable bonds is 15. The normalized spacial score (nSPS) is 12.4. The maximum atomic E-state index is 15.0. The van der Waals surface area contributed by atoms with Crippen molar-refractivity contribution in [1.82, 2.24) is 5.32 Å². The van der Waals surface area contributed by atoms with Gasteiger partial charge in [0.1, 0.15) is 11.3 Å². The average Bonchev–Trinajstić information content (AvgIpc) is 2.93. The number of halogens is 2. The van der Waals surface area contributed by atoms with Crippen LogP contribution < -0.4 is 15.8 Å². The third kappa shape index (κ3) is 13.9. The van der Waals surface area contributed by atoms with E-state index < -0.39 is 11.3 Å². The molecule has 0 aliphatic rings. The lowest BCUT2D eigenvalue weighted by Gasteiger charge is -2.23. The summed E-state index contributed by atoms with van der Waals surface area (Å²) in [5.74, 6) is 0. The van der Waals surface area contributed by atoms with E-state index in [0.717, 1.165) is 47.5 Å². The SMILES string of the molecule is C=CSC(Cc1ccc(=C)/c(=C\CCc2ccc(C(C)(C)F)cc2C(C)(C)F)c1)C(=C)NCCCCC.CC.CC. The van der Waals surface area contributed by atoms with Crippen molar-refractivity contribution in [2.24, 2.45) is 0 Å². The van der Waals surface area contributed by atoms with Gasteiger partial charge in [0.25, 0.3) is 0 Å². The minimum atomic E-state index is -1.54. The molecule has 0 saturated carbocycles. The van der Waals surface area contributed by atoms with Gasteiger partial charge in [-0.2, -0.15) is 0 Å². The third-order valence-corrected chi connectivity index (χ3v) is 7.60. The molecular formula is C37H57F2NS. The average molecular weight is 586 g/mol. The first-order chi connectivity index (χ1) is 19.4. The molecule has 2 aromatic rings. The highest BCUT2D eigenvalue weighted by Crippen LogP contribution is 2.34. The van der Waals surface area contributed by atoms with E-state index in [1.807, 2.05) is 39.2 Å². The zero-order valence-electron chi connectivity index (χ0n) is 27.4. The molecule has 1 nitrogen and oxygen atoms in total. The van der Waals surface area contributed by atoms with Crippen LogP contribution in [0.5, 0.6) is 0 Å². The topological polar surface area (TPSA) is 12.0 Å². The lowest BCUT2D eigenvalue weighted by atomic mass is 9.87. The van der Waals surface area contributed by atoms with Gasteiger partial charge in [0.2, 0.25) is 0 Å². The van der Waals surface area contributed by atoms with Crippen LogP contribution in [-0.4, -0.2) is 11.8 Å². The molecule has 0 aliphatic heterocycles. The molecule has 0 spiro atoms. The van der Waals surface area contributed by atoms with E-state index in [1.165, 1.54) is 46.1 Å². The predicted molar refractivity (Wildman–Crippen MR) is 183 cm³/mol. The van der Waals surface area contributed by atoms with E-state index >= 15 is 4.39 Å². The number of unbranched alkanes of at least 4 members (excludes halogenated alkanes) is 2. The van der Waals surface area contributed by atoms with Gasteiger partial charge < -0.3 is 5.32 Å². The van der Waals surface area contributed by atoms with E-state index in [-0.39, 0.29) is 5.25 Å². The summed E-state index contributed by atoms with van der Waals surface area (Å²) < 4.78 is 29.5. The molecule has 0 aliphatic carbocycles. The van der Waals surface area contributed by atoms with Crippen molar-refractivity contribution in [1.29, 1.82) is 0 Å². The number of hydrogen-bond acceptors (Lipinski definition) is 2. The molecule has 0 fully saturated rings. The molecule has 0 radical (unpaired) electrons. The van der Waals surface area contributed by atoms with Crippen LogP contribution in [0, 0.1) is 0 Å². The van der Waals surface area contributed by atoms with Gasteiger partial charge in [-0.3, -0.25) is 0 Å². The Kier molecular flexibility index (Phi) is 18.6. The second kappa shape index (κ2) is 19.7. The molecule has 2 aromatic carbocycles. The van der Waals surface area contributed by atoms with Gasteiger partial charge in [0.15, 0.2) is 0 Å². The van der Waals surface area contributed by atoms with Gasteiger partial charge in [-0.05, 0) is 97.5 Å². The van der Waals surface area contributed by atoms with Crippen LogP contribution in [0.1, 0.15) is 110 Å². The molecule has 0 saturated heterocycles. The van der Waals surface area contributed by atoms with Gasteiger partial charge in [-0.25, -0.2) is 8.78 Å². The maximum Gasteiger partial charge on any atom is 0.130 e. The van der Waals surface area contributed by atoms with Gasteiger partial charge in [-0.1, -0.05) is 104 Å². The second-order valence-electron chi connectivity index (χ2n) is 10.7. The molecule has 0 heterocycles. The van der Waals surface area contributed by atoms with Crippen molar-refractivity contribution in [2.75, 3.05) is 6.54 Å². The van der Waals surface area contributed by atoms with Crippen LogP contribution >= 0.6 is 11.8 Å². The second-order valence-corrected chi connectivity index (χ2v) is 11.9. The smallest absolute Gasteiger partial charge is 0.130 e. The van der Waals surface area contributed by atoms with Gasteiger partial charge >= 0.3 is 0 Å². The summed E-state index contributed by atoms with van der Waals surface area (Å²) in [5.41, 5.74) is 1.17. The van der Waals surface area contributed by atoms with Crippen LogP contribution in [0.3, 0.4) is 0 Å². The molecule has 0 aromatic heterocycles. The fourth-order valence-electron chi connectivity index (χ4n) is 4.38. The summed E-state index contributed by atoms with van der Waals surface area (Å²) in [7, 11) is 0. The van der Waals surface area contributed by atoms with Gasteiger partial charge in [0, 0.05) is 12.2 Å². The predicted octanol–water partition coefficient (Wildman–Crippen LogP) is 10.1. The molecule has 1 N–H and O–H groups in total. The fourth-order valence-corrected chi connectivity index (χ4v) is 5.15. The summed E-state index contributed by atoms with van der Waals surface area (Å²) in [6.45, 7) is 29.6. The molecule has 1 atom stereocenters. The zero-order valence-corrected chi connectivity index (χ0v) is 28.2. The van der Waals surface area contributed by atoms with Crippen molar-refractivity contribution in [2.45, 2.75) is 117 Å². The minimum Gasteiger partial charge on any atom is -0.388 e. The van der Waals surface area contributed by atoms with E-state index in [9.17, 15) is 4.39 Å². The van der Waals surface area contributed by atoms with E-state index in [4.69, 9.17) is 0 Å². The molecule has 230 valence electrons. The third-order valence-electron chi connectivity index (χ3n) is 6.63. The lowest BCUT2D eigenvalue weighted by Crippen LogP contribution is -2.26. The number of thioether (sulfide) groups is 1. The highest BCUT2D eigenvalue weighted by molar-refractivity contribution is 8.02. The Bertz CT molecular complexity index is 1150. The lowest BCUT2D eigenvalue weighted by molar-refractivity contribution is 0.211. The molecular weight excluding hydrogens is 528 g/mol. The van der Waals surface area contributed by atoms with Crippen LogP contribution in [-0.2, 0) is 24.2 Å². The number of alkyl halides is 2. The molecule has 1 unspecified atom stereocenters. The van der Waals surface area contributed by atoms with Crippen LogP contribution in [0.4, 0.5) is 8.78 Å². The summed E-state index contributed by atoms with van der Waals surface area (Å²) in [6, 6.07) is 11.7. The van der Waals surface area contributed by atoms with Gasteiger partial charge in [0.05, 0.1) is 5.25 Å². The van der Waals surface area contributed by atoms with Crippen molar-refractivity contribution in [3.05, 3.63) is 93.4 Å². The molecule has 0 bridgehead atoms.